The molecule has 78 valence electrons. The molecule has 3 unspecified atom stereocenters. The zero-order chi connectivity index (χ0) is 10.6. The standard InChI is InChI=1S/C12H18O2/c1-9-5-4-6-11(12(13)14-3)8-7-10(9)2/h4-5,7-11H,6H2,1-3H3/b5-4-,8-7-. The molecule has 1 aliphatic rings. The quantitative estimate of drug-likeness (QED) is 0.473. The molecule has 0 saturated carbocycles. The summed E-state index contributed by atoms with van der Waals surface area (Å²) in [4.78, 5) is 11.3. The zero-order valence-corrected chi connectivity index (χ0v) is 9.07. The largest absolute Gasteiger partial charge is 0.469 e. The van der Waals surface area contributed by atoms with Crippen LogP contribution in [0.15, 0.2) is 24.3 Å². The molecule has 0 N–H and O–H groups in total. The first-order chi connectivity index (χ1) is 6.65. The van der Waals surface area contributed by atoms with Crippen molar-refractivity contribution < 1.29 is 9.53 Å². The van der Waals surface area contributed by atoms with E-state index in [-0.39, 0.29) is 11.9 Å². The van der Waals surface area contributed by atoms with Crippen LogP contribution in [-0.2, 0) is 9.53 Å². The second-order valence-electron chi connectivity index (χ2n) is 3.90. The second-order valence-corrected chi connectivity index (χ2v) is 3.90. The number of carbonyl (C=O) groups is 1. The van der Waals surface area contributed by atoms with E-state index in [1.807, 2.05) is 6.08 Å². The van der Waals surface area contributed by atoms with Crippen molar-refractivity contribution in [3.8, 4) is 0 Å². The van der Waals surface area contributed by atoms with Gasteiger partial charge in [0.1, 0.15) is 0 Å². The summed E-state index contributed by atoms with van der Waals surface area (Å²) >= 11 is 0. The zero-order valence-electron chi connectivity index (χ0n) is 9.07. The van der Waals surface area contributed by atoms with Gasteiger partial charge in [0.05, 0.1) is 13.0 Å². The van der Waals surface area contributed by atoms with Crippen LogP contribution in [0.1, 0.15) is 20.3 Å². The first kappa shape index (κ1) is 11.0. The highest BCUT2D eigenvalue weighted by atomic mass is 16.5. The van der Waals surface area contributed by atoms with Gasteiger partial charge in [-0.15, -0.1) is 0 Å². The molecule has 1 rings (SSSR count). The minimum Gasteiger partial charge on any atom is -0.469 e. The van der Waals surface area contributed by atoms with E-state index in [1.54, 1.807) is 0 Å². The molecule has 0 aromatic carbocycles. The first-order valence-corrected chi connectivity index (χ1v) is 5.08. The van der Waals surface area contributed by atoms with Crippen molar-refractivity contribution in [3.63, 3.8) is 0 Å². The molecule has 0 radical (unpaired) electrons. The van der Waals surface area contributed by atoms with E-state index >= 15 is 0 Å². The molecule has 0 aromatic heterocycles. The van der Waals surface area contributed by atoms with Gasteiger partial charge in [0.15, 0.2) is 0 Å². The number of allylic oxidation sites excluding steroid dienone is 3. The lowest BCUT2D eigenvalue weighted by Gasteiger charge is -2.17. The molecule has 3 atom stereocenters. The molecule has 1 aliphatic carbocycles. The SMILES string of the molecule is COC(=O)C1/C=C\C(C)C(C)/C=C\C1. The molecule has 0 spiro atoms. The van der Waals surface area contributed by atoms with Crippen molar-refractivity contribution in [1.29, 1.82) is 0 Å². The van der Waals surface area contributed by atoms with Gasteiger partial charge < -0.3 is 4.74 Å². The Morgan fingerprint density at radius 3 is 2.50 bits per heavy atom. The predicted molar refractivity (Wildman–Crippen MR) is 56.7 cm³/mol. The van der Waals surface area contributed by atoms with Gasteiger partial charge in [0, 0.05) is 0 Å². The molecule has 2 heteroatoms. The van der Waals surface area contributed by atoms with Crippen LogP contribution in [0.5, 0.6) is 0 Å². The highest BCUT2D eigenvalue weighted by Gasteiger charge is 2.17. The molecule has 0 saturated heterocycles. The maximum absolute atomic E-state index is 11.3. The number of ether oxygens (including phenoxy) is 1. The van der Waals surface area contributed by atoms with Crippen LogP contribution in [0, 0.1) is 17.8 Å². The van der Waals surface area contributed by atoms with Gasteiger partial charge in [-0.3, -0.25) is 4.79 Å². The maximum atomic E-state index is 11.3. The lowest BCUT2D eigenvalue weighted by atomic mass is 9.90. The summed E-state index contributed by atoms with van der Waals surface area (Å²) in [6.45, 7) is 4.34. The van der Waals surface area contributed by atoms with Crippen LogP contribution < -0.4 is 0 Å². The van der Waals surface area contributed by atoms with Crippen molar-refractivity contribution in [2.45, 2.75) is 20.3 Å². The van der Waals surface area contributed by atoms with E-state index in [0.29, 0.717) is 11.8 Å². The number of esters is 1. The van der Waals surface area contributed by atoms with E-state index in [9.17, 15) is 4.79 Å². The molecule has 2 nitrogen and oxygen atoms in total. The van der Waals surface area contributed by atoms with Crippen LogP contribution in [0.2, 0.25) is 0 Å². The van der Waals surface area contributed by atoms with Crippen molar-refractivity contribution >= 4 is 5.97 Å². The van der Waals surface area contributed by atoms with Gasteiger partial charge in [-0.05, 0) is 18.3 Å². The van der Waals surface area contributed by atoms with Gasteiger partial charge in [0.25, 0.3) is 0 Å². The van der Waals surface area contributed by atoms with Crippen molar-refractivity contribution in [2.24, 2.45) is 17.8 Å². The van der Waals surface area contributed by atoms with E-state index in [4.69, 9.17) is 4.74 Å². The molecule has 0 aromatic rings. The molecule has 0 bridgehead atoms. The van der Waals surface area contributed by atoms with Crippen LogP contribution in [0.25, 0.3) is 0 Å². The Bertz CT molecular complexity index is 253. The number of methoxy groups -OCH3 is 1. The monoisotopic (exact) mass is 194 g/mol. The summed E-state index contributed by atoms with van der Waals surface area (Å²) in [6, 6.07) is 0. The minimum atomic E-state index is -0.146. The second kappa shape index (κ2) is 4.99. The molecular weight excluding hydrogens is 176 g/mol. The van der Waals surface area contributed by atoms with Gasteiger partial charge in [-0.1, -0.05) is 38.2 Å². The Morgan fingerprint density at radius 2 is 1.86 bits per heavy atom. The third kappa shape index (κ3) is 2.72. The number of rotatable bonds is 1. The maximum Gasteiger partial charge on any atom is 0.312 e. The van der Waals surface area contributed by atoms with E-state index in [2.05, 4.69) is 32.1 Å². The average molecular weight is 194 g/mol. The summed E-state index contributed by atoms with van der Waals surface area (Å²) in [7, 11) is 1.44. The number of hydrogen-bond donors (Lipinski definition) is 0. The van der Waals surface area contributed by atoms with Gasteiger partial charge in [-0.2, -0.15) is 0 Å². The number of carbonyl (C=O) groups excluding carboxylic acids is 1. The van der Waals surface area contributed by atoms with Gasteiger partial charge in [0.2, 0.25) is 0 Å². The fourth-order valence-electron chi connectivity index (χ4n) is 1.50. The molecule has 0 aliphatic heterocycles. The van der Waals surface area contributed by atoms with Crippen molar-refractivity contribution in [2.75, 3.05) is 7.11 Å². The van der Waals surface area contributed by atoms with E-state index in [0.717, 1.165) is 6.42 Å². The molecule has 0 amide bonds. The third-order valence-electron chi connectivity index (χ3n) is 2.81. The summed E-state index contributed by atoms with van der Waals surface area (Å²) in [5, 5.41) is 0. The fourth-order valence-corrected chi connectivity index (χ4v) is 1.50. The normalized spacial score (nSPS) is 36.6. The van der Waals surface area contributed by atoms with E-state index < -0.39 is 0 Å². The first-order valence-electron chi connectivity index (χ1n) is 5.08. The van der Waals surface area contributed by atoms with Crippen LogP contribution in [0.4, 0.5) is 0 Å². The topological polar surface area (TPSA) is 26.3 Å². The lowest BCUT2D eigenvalue weighted by molar-refractivity contribution is -0.143. The highest BCUT2D eigenvalue weighted by Crippen LogP contribution is 2.20. The third-order valence-corrected chi connectivity index (χ3v) is 2.81. The number of hydrogen-bond acceptors (Lipinski definition) is 2. The Hall–Kier alpha value is -1.05. The predicted octanol–water partition coefficient (Wildman–Crippen LogP) is 2.56. The lowest BCUT2D eigenvalue weighted by Crippen LogP contribution is -2.15. The minimum absolute atomic E-state index is 0.105. The van der Waals surface area contributed by atoms with Crippen LogP contribution >= 0.6 is 0 Å². The Kier molecular flexibility index (Phi) is 3.93. The summed E-state index contributed by atoms with van der Waals surface area (Å²) in [5.41, 5.74) is 0. The Morgan fingerprint density at radius 1 is 1.21 bits per heavy atom. The summed E-state index contributed by atoms with van der Waals surface area (Å²) in [6.07, 6.45) is 9.07. The Balaban J connectivity index is 2.70. The summed E-state index contributed by atoms with van der Waals surface area (Å²) in [5.74, 6) is 0.780. The summed E-state index contributed by atoms with van der Waals surface area (Å²) < 4.78 is 4.72. The average Bonchev–Trinajstić information content (AvgIpc) is 2.18. The molecule has 14 heavy (non-hydrogen) atoms. The Labute approximate surface area is 85.6 Å². The highest BCUT2D eigenvalue weighted by molar-refractivity contribution is 5.74. The van der Waals surface area contributed by atoms with Gasteiger partial charge in [-0.25, -0.2) is 0 Å². The van der Waals surface area contributed by atoms with E-state index in [1.165, 1.54) is 7.11 Å². The van der Waals surface area contributed by atoms with Gasteiger partial charge >= 0.3 is 5.97 Å². The fraction of sp³-hybridized carbons (Fsp3) is 0.583. The van der Waals surface area contributed by atoms with Crippen molar-refractivity contribution in [1.82, 2.24) is 0 Å². The van der Waals surface area contributed by atoms with Crippen LogP contribution in [0.3, 0.4) is 0 Å². The smallest absolute Gasteiger partial charge is 0.312 e. The van der Waals surface area contributed by atoms with Crippen molar-refractivity contribution in [3.05, 3.63) is 24.3 Å². The molecule has 0 heterocycles. The molecule has 0 fully saturated rings. The van der Waals surface area contributed by atoms with Crippen LogP contribution in [-0.4, -0.2) is 13.1 Å². The molecular formula is C12H18O2.